The van der Waals surface area contributed by atoms with Gasteiger partial charge in [-0.2, -0.15) is 0 Å². The lowest BCUT2D eigenvalue weighted by atomic mass is 9.95. The first kappa shape index (κ1) is 24.6. The highest BCUT2D eigenvalue weighted by atomic mass is 16.5. The van der Waals surface area contributed by atoms with Crippen molar-refractivity contribution >= 4 is 28.9 Å². The largest absolute Gasteiger partial charge is 0.490 e. The molecule has 0 saturated carbocycles. The lowest BCUT2D eigenvalue weighted by Gasteiger charge is -2.18. The minimum absolute atomic E-state index is 0.0730. The van der Waals surface area contributed by atoms with E-state index >= 15 is 0 Å². The van der Waals surface area contributed by atoms with Crippen molar-refractivity contribution in [3.05, 3.63) is 78.9 Å². The molecule has 2 amide bonds. The number of para-hydroxylation sites is 1. The highest BCUT2D eigenvalue weighted by Crippen LogP contribution is 2.20. The quantitative estimate of drug-likeness (QED) is 0.362. The third kappa shape index (κ3) is 8.16. The summed E-state index contributed by atoms with van der Waals surface area (Å²) >= 11 is 0. The molecule has 3 N–H and O–H groups in total. The van der Waals surface area contributed by atoms with Crippen LogP contribution >= 0.6 is 0 Å². The van der Waals surface area contributed by atoms with E-state index in [9.17, 15) is 9.59 Å². The van der Waals surface area contributed by atoms with Crippen molar-refractivity contribution < 1.29 is 19.1 Å². The van der Waals surface area contributed by atoms with Gasteiger partial charge in [-0.1, -0.05) is 51.1 Å². The molecule has 3 rings (SSSR count). The van der Waals surface area contributed by atoms with Crippen LogP contribution in [0.4, 0.5) is 17.1 Å². The highest BCUT2D eigenvalue weighted by molar-refractivity contribution is 5.95. The molecule has 0 heterocycles. The molecule has 0 aliphatic heterocycles. The zero-order chi connectivity index (χ0) is 24.4. The van der Waals surface area contributed by atoms with Crippen LogP contribution in [0.3, 0.4) is 0 Å². The Morgan fingerprint density at radius 2 is 1.29 bits per heavy atom. The molecule has 7 nitrogen and oxygen atoms in total. The van der Waals surface area contributed by atoms with Gasteiger partial charge in [-0.25, -0.2) is 0 Å². The second-order valence-electron chi connectivity index (χ2n) is 8.72. The van der Waals surface area contributed by atoms with Crippen LogP contribution < -0.4 is 25.4 Å². The predicted molar refractivity (Wildman–Crippen MR) is 136 cm³/mol. The van der Waals surface area contributed by atoms with E-state index in [0.717, 1.165) is 11.4 Å². The molecule has 0 radical (unpaired) electrons. The minimum atomic E-state index is -0.490. The van der Waals surface area contributed by atoms with Crippen molar-refractivity contribution in [2.45, 2.75) is 20.8 Å². The first-order valence-corrected chi connectivity index (χ1v) is 11.2. The molecule has 34 heavy (non-hydrogen) atoms. The van der Waals surface area contributed by atoms with Gasteiger partial charge in [0.15, 0.2) is 0 Å². The van der Waals surface area contributed by atoms with Gasteiger partial charge in [0, 0.05) is 28.5 Å². The number of anilines is 3. The molecule has 0 spiro atoms. The molecule has 7 heteroatoms. The lowest BCUT2D eigenvalue weighted by molar-refractivity contribution is -0.123. The Morgan fingerprint density at radius 1 is 0.706 bits per heavy atom. The Kier molecular flexibility index (Phi) is 8.51. The van der Waals surface area contributed by atoms with Crippen LogP contribution in [0, 0.1) is 5.41 Å². The number of hydrogen-bond acceptors (Lipinski definition) is 5. The summed E-state index contributed by atoms with van der Waals surface area (Å²) < 4.78 is 11.3. The number of amides is 2. The number of hydrogen-bond donors (Lipinski definition) is 3. The van der Waals surface area contributed by atoms with Crippen molar-refractivity contribution in [2.75, 3.05) is 35.7 Å². The predicted octanol–water partition coefficient (Wildman–Crippen LogP) is 5.18. The van der Waals surface area contributed by atoms with Gasteiger partial charge in [0.1, 0.15) is 24.7 Å². The van der Waals surface area contributed by atoms with Crippen LogP contribution in [0.25, 0.3) is 0 Å². The Bertz CT molecular complexity index is 1090. The third-order valence-corrected chi connectivity index (χ3v) is 4.74. The van der Waals surface area contributed by atoms with Crippen molar-refractivity contribution in [1.82, 2.24) is 0 Å². The smallest absolute Gasteiger partial charge is 0.243 e. The Labute approximate surface area is 200 Å². The Balaban J connectivity index is 1.44. The molecule has 0 aromatic heterocycles. The first-order chi connectivity index (χ1) is 16.3. The lowest BCUT2D eigenvalue weighted by Crippen LogP contribution is -2.27. The number of rotatable bonds is 10. The molecule has 0 aliphatic rings. The average Bonchev–Trinajstić information content (AvgIpc) is 2.81. The molecular formula is C27H31N3O4. The average molecular weight is 462 g/mol. The van der Waals surface area contributed by atoms with Crippen LogP contribution in [-0.4, -0.2) is 31.6 Å². The number of carbonyl (C=O) groups is 2. The van der Waals surface area contributed by atoms with Gasteiger partial charge in [-0.3, -0.25) is 9.59 Å². The molecule has 0 atom stereocenters. The van der Waals surface area contributed by atoms with Crippen molar-refractivity contribution in [2.24, 2.45) is 5.41 Å². The van der Waals surface area contributed by atoms with Gasteiger partial charge in [-0.15, -0.1) is 0 Å². The maximum atomic E-state index is 12.4. The maximum Gasteiger partial charge on any atom is 0.243 e. The van der Waals surface area contributed by atoms with E-state index in [4.69, 9.17) is 9.47 Å². The Hall–Kier alpha value is -4.00. The Morgan fingerprint density at radius 3 is 2.00 bits per heavy atom. The standard InChI is InChI=1S/C27H31N3O4/c1-27(2,3)26(32)30-21-10-7-9-20(17-21)28-19-25(31)29-22-11-8-14-24(18-22)34-16-15-33-23-12-5-4-6-13-23/h4-14,17-18,28H,15-16,19H2,1-3H3,(H,29,31)(H,30,32). The summed E-state index contributed by atoms with van der Waals surface area (Å²) in [6.45, 7) is 6.44. The normalized spacial score (nSPS) is 10.8. The molecule has 3 aromatic rings. The van der Waals surface area contributed by atoms with E-state index < -0.39 is 5.41 Å². The monoisotopic (exact) mass is 461 g/mol. The van der Waals surface area contributed by atoms with E-state index in [-0.39, 0.29) is 18.4 Å². The summed E-state index contributed by atoms with van der Waals surface area (Å²) in [5.41, 5.74) is 1.56. The molecule has 0 unspecified atom stereocenters. The fourth-order valence-corrected chi connectivity index (χ4v) is 2.91. The van der Waals surface area contributed by atoms with Crippen molar-refractivity contribution in [3.8, 4) is 11.5 Å². The van der Waals surface area contributed by atoms with Gasteiger partial charge in [0.2, 0.25) is 11.8 Å². The molecule has 3 aromatic carbocycles. The fourth-order valence-electron chi connectivity index (χ4n) is 2.91. The zero-order valence-electron chi connectivity index (χ0n) is 19.8. The van der Waals surface area contributed by atoms with E-state index in [0.29, 0.717) is 30.3 Å². The van der Waals surface area contributed by atoms with Crippen LogP contribution in [0.5, 0.6) is 11.5 Å². The summed E-state index contributed by atoms with van der Waals surface area (Å²) in [5.74, 6) is 1.16. The van der Waals surface area contributed by atoms with Crippen molar-refractivity contribution in [3.63, 3.8) is 0 Å². The fraction of sp³-hybridized carbons (Fsp3) is 0.259. The van der Waals surface area contributed by atoms with E-state index in [1.165, 1.54) is 0 Å². The molecule has 0 saturated heterocycles. The summed E-state index contributed by atoms with van der Waals surface area (Å²) in [5, 5.41) is 8.81. The second-order valence-corrected chi connectivity index (χ2v) is 8.72. The number of nitrogens with one attached hydrogen (secondary N) is 3. The minimum Gasteiger partial charge on any atom is -0.490 e. The van der Waals surface area contributed by atoms with Crippen molar-refractivity contribution in [1.29, 1.82) is 0 Å². The van der Waals surface area contributed by atoms with Gasteiger partial charge in [0.25, 0.3) is 0 Å². The van der Waals surface area contributed by atoms with Crippen LogP contribution in [-0.2, 0) is 9.59 Å². The van der Waals surface area contributed by atoms with Gasteiger partial charge < -0.3 is 25.4 Å². The zero-order valence-corrected chi connectivity index (χ0v) is 19.8. The summed E-state index contributed by atoms with van der Waals surface area (Å²) in [6, 6.07) is 24.0. The molecule has 178 valence electrons. The molecule has 0 bridgehead atoms. The second kappa shape index (κ2) is 11.7. The van der Waals surface area contributed by atoms with E-state index in [1.807, 2.05) is 81.4 Å². The molecule has 0 fully saturated rings. The molecular weight excluding hydrogens is 430 g/mol. The number of carbonyl (C=O) groups excluding carboxylic acids is 2. The van der Waals surface area contributed by atoms with E-state index in [1.54, 1.807) is 18.2 Å². The maximum absolute atomic E-state index is 12.4. The van der Waals surface area contributed by atoms with Crippen LogP contribution in [0.1, 0.15) is 20.8 Å². The van der Waals surface area contributed by atoms with Gasteiger partial charge >= 0.3 is 0 Å². The summed E-state index contributed by atoms with van der Waals surface area (Å²) in [7, 11) is 0. The highest BCUT2D eigenvalue weighted by Gasteiger charge is 2.21. The summed E-state index contributed by atoms with van der Waals surface area (Å²) in [6.07, 6.45) is 0. The third-order valence-electron chi connectivity index (χ3n) is 4.74. The number of ether oxygens (including phenoxy) is 2. The number of benzene rings is 3. The SMILES string of the molecule is CC(C)(C)C(=O)Nc1cccc(NCC(=O)Nc2cccc(OCCOc3ccccc3)c2)c1. The van der Waals surface area contributed by atoms with Crippen LogP contribution in [0.15, 0.2) is 78.9 Å². The van der Waals surface area contributed by atoms with Crippen LogP contribution in [0.2, 0.25) is 0 Å². The summed E-state index contributed by atoms with van der Waals surface area (Å²) in [4.78, 5) is 24.6. The topological polar surface area (TPSA) is 88.7 Å². The first-order valence-electron chi connectivity index (χ1n) is 11.2. The van der Waals surface area contributed by atoms with E-state index in [2.05, 4.69) is 16.0 Å². The molecule has 0 aliphatic carbocycles. The van der Waals surface area contributed by atoms with Gasteiger partial charge in [0.05, 0.1) is 6.54 Å². The van der Waals surface area contributed by atoms with Gasteiger partial charge in [-0.05, 0) is 42.5 Å².